The fourth-order valence-corrected chi connectivity index (χ4v) is 11.0. The summed E-state index contributed by atoms with van der Waals surface area (Å²) in [7, 11) is 0. The van der Waals surface area contributed by atoms with Crippen molar-refractivity contribution in [3.63, 3.8) is 0 Å². The molecule has 0 radical (unpaired) electrons. The lowest BCUT2D eigenvalue weighted by Gasteiger charge is -2.73. The Kier molecular flexibility index (Phi) is 6.09. The summed E-state index contributed by atoms with van der Waals surface area (Å²) in [5.74, 6) is -3.98. The number of epoxide rings is 1. The maximum atomic E-state index is 14.8. The molecular weight excluding hydrogens is 560 g/mol. The number of hydrogen-bond donors (Lipinski definition) is 3. The lowest BCUT2D eigenvalue weighted by atomic mass is 9.33. The highest BCUT2D eigenvalue weighted by molar-refractivity contribution is 5.91. The Hall–Kier alpha value is -2.31. The van der Waals surface area contributed by atoms with E-state index in [0.29, 0.717) is 6.42 Å². The molecule has 2 bridgehead atoms. The van der Waals surface area contributed by atoms with Gasteiger partial charge in [-0.05, 0) is 37.3 Å². The van der Waals surface area contributed by atoms with Gasteiger partial charge in [-0.2, -0.15) is 0 Å². The third-order valence-corrected chi connectivity index (χ3v) is 13.0. The molecule has 1 aromatic heterocycles. The molecule has 6 aliphatic rings. The SMILES string of the molecule is CC(=O)O[C@@H]1C[C@H](O)[C@@]23COC(OC(=O)C(C)C)[C@]1(C)[C@@H]2C[C@@H](O)[C@]1(C)[C@@H]3C(=O)[C@H](O)[C@@]2(C)[C@H](c3ccoc3)C[C@H]3O[C@]321. The van der Waals surface area contributed by atoms with Gasteiger partial charge in [-0.15, -0.1) is 0 Å². The summed E-state index contributed by atoms with van der Waals surface area (Å²) in [6.07, 6.45) is -2.30. The number of Topliss-reactive ketones (excluding diaryl/α,β-unsaturated/α-hetero) is 1. The highest BCUT2D eigenvalue weighted by atomic mass is 16.7. The second-order valence-electron chi connectivity index (χ2n) is 14.9. The molecule has 0 aromatic carbocycles. The van der Waals surface area contributed by atoms with Crippen LogP contribution in [0.5, 0.6) is 0 Å². The van der Waals surface area contributed by atoms with Crippen LogP contribution in [-0.4, -0.2) is 82.1 Å². The molecule has 11 nitrogen and oxygen atoms in total. The number of fused-ring (bicyclic) bond motifs is 1. The van der Waals surface area contributed by atoms with Gasteiger partial charge in [0.05, 0.1) is 48.8 Å². The van der Waals surface area contributed by atoms with Crippen LogP contribution >= 0.6 is 0 Å². The van der Waals surface area contributed by atoms with E-state index in [4.69, 9.17) is 23.4 Å². The molecule has 2 aliphatic heterocycles. The van der Waals surface area contributed by atoms with Crippen molar-refractivity contribution < 1.29 is 53.1 Å². The Morgan fingerprint density at radius 2 is 1.74 bits per heavy atom. The summed E-state index contributed by atoms with van der Waals surface area (Å²) >= 11 is 0. The average molecular weight is 603 g/mol. The summed E-state index contributed by atoms with van der Waals surface area (Å²) < 4.78 is 29.8. The second-order valence-corrected chi connectivity index (χ2v) is 14.9. The van der Waals surface area contributed by atoms with Crippen LogP contribution in [0.4, 0.5) is 0 Å². The first-order chi connectivity index (χ1) is 20.1. The second kappa shape index (κ2) is 8.90. The molecule has 3 N–H and O–H groups in total. The minimum atomic E-state index is -1.46. The van der Waals surface area contributed by atoms with Gasteiger partial charge in [0.2, 0.25) is 6.29 Å². The van der Waals surface area contributed by atoms with Crippen LogP contribution in [0.2, 0.25) is 0 Å². The van der Waals surface area contributed by atoms with Gasteiger partial charge in [0, 0.05) is 41.4 Å². The van der Waals surface area contributed by atoms with E-state index in [1.807, 2.05) is 19.9 Å². The molecule has 2 saturated heterocycles. The predicted octanol–water partition coefficient (Wildman–Crippen LogP) is 2.10. The quantitative estimate of drug-likeness (QED) is 0.341. The van der Waals surface area contributed by atoms with Crippen molar-refractivity contribution in [3.05, 3.63) is 24.2 Å². The Morgan fingerprint density at radius 1 is 1.02 bits per heavy atom. The first-order valence-corrected chi connectivity index (χ1v) is 15.4. The number of furan rings is 1. The number of ketones is 1. The molecule has 0 amide bonds. The zero-order chi connectivity index (χ0) is 31.1. The fourth-order valence-electron chi connectivity index (χ4n) is 11.0. The summed E-state index contributed by atoms with van der Waals surface area (Å²) in [5.41, 5.74) is -4.95. The van der Waals surface area contributed by atoms with Gasteiger partial charge in [0.15, 0.2) is 5.78 Å². The number of aliphatic hydroxyl groups is 3. The molecule has 236 valence electrons. The van der Waals surface area contributed by atoms with Gasteiger partial charge in [-0.3, -0.25) is 14.4 Å². The topological polar surface area (TPSA) is 165 Å². The van der Waals surface area contributed by atoms with Crippen LogP contribution in [0.1, 0.15) is 72.3 Å². The molecule has 4 aliphatic carbocycles. The van der Waals surface area contributed by atoms with Crippen molar-refractivity contribution >= 4 is 17.7 Å². The van der Waals surface area contributed by atoms with Crippen LogP contribution in [0.15, 0.2) is 23.0 Å². The number of ether oxygens (including phenoxy) is 4. The minimum Gasteiger partial charge on any atom is -0.472 e. The van der Waals surface area contributed by atoms with Crippen LogP contribution in [0.3, 0.4) is 0 Å². The molecule has 1 aromatic rings. The number of esters is 2. The van der Waals surface area contributed by atoms with Gasteiger partial charge in [0.25, 0.3) is 0 Å². The fraction of sp³-hybridized carbons (Fsp3) is 0.781. The molecule has 6 fully saturated rings. The van der Waals surface area contributed by atoms with Gasteiger partial charge in [0.1, 0.15) is 17.8 Å². The zero-order valence-corrected chi connectivity index (χ0v) is 25.4. The predicted molar refractivity (Wildman–Crippen MR) is 146 cm³/mol. The highest BCUT2D eigenvalue weighted by Gasteiger charge is 2.92. The van der Waals surface area contributed by atoms with Gasteiger partial charge >= 0.3 is 11.9 Å². The number of rotatable bonds is 4. The summed E-state index contributed by atoms with van der Waals surface area (Å²) in [6.45, 7) is 10.0. The molecule has 7 rings (SSSR count). The molecule has 11 heteroatoms. The van der Waals surface area contributed by atoms with Crippen molar-refractivity contribution in [2.45, 2.75) is 109 Å². The van der Waals surface area contributed by atoms with Crippen LogP contribution in [-0.2, 0) is 33.3 Å². The molecule has 1 spiro atoms. The summed E-state index contributed by atoms with van der Waals surface area (Å²) in [6, 6.07) is 1.84. The lowest BCUT2D eigenvalue weighted by Crippen LogP contribution is -2.82. The van der Waals surface area contributed by atoms with Crippen LogP contribution in [0, 0.1) is 39.4 Å². The zero-order valence-electron chi connectivity index (χ0n) is 25.4. The number of carbonyl (C=O) groups is 3. The van der Waals surface area contributed by atoms with E-state index < -0.39 is 93.4 Å². The standard InChI is InChI=1S/C32H42O11/c1-14(2)26(38)42-27-28(4)18-10-19(34)30(6)24(31(18,13-40-27)20(35)11-21(28)41-15(3)33)23(36)25(37)29(5)17(16-7-8-39-12-16)9-22-32(29,30)43-22/h7-8,12,14,17-22,24-25,27,34-35,37H,9-11,13H2,1-6H3/t17-,18-,19+,20-,21+,22+,24-,25-,27?,28+,29+,30+,31+,32+/m0/s1. The summed E-state index contributed by atoms with van der Waals surface area (Å²) in [4.78, 5) is 39.9. The normalized spacial score (nSPS) is 52.9. The van der Waals surface area contributed by atoms with E-state index >= 15 is 0 Å². The van der Waals surface area contributed by atoms with E-state index in [2.05, 4.69) is 0 Å². The lowest BCUT2D eigenvalue weighted by molar-refractivity contribution is -0.374. The molecule has 43 heavy (non-hydrogen) atoms. The van der Waals surface area contributed by atoms with Crippen LogP contribution in [0.25, 0.3) is 0 Å². The molecule has 3 heterocycles. The van der Waals surface area contributed by atoms with E-state index in [-0.39, 0.29) is 31.5 Å². The smallest absolute Gasteiger partial charge is 0.310 e. The third kappa shape index (κ3) is 3.15. The Bertz CT molecular complexity index is 1360. The number of aliphatic hydroxyl groups excluding tert-OH is 3. The molecule has 1 unspecified atom stereocenters. The molecule has 14 atom stereocenters. The highest BCUT2D eigenvalue weighted by Crippen LogP contribution is 2.82. The van der Waals surface area contributed by atoms with Crippen molar-refractivity contribution in [2.75, 3.05) is 6.61 Å². The van der Waals surface area contributed by atoms with E-state index in [0.717, 1.165) is 5.56 Å². The Balaban J connectivity index is 1.38. The Labute approximate surface area is 250 Å². The maximum absolute atomic E-state index is 14.8. The minimum absolute atomic E-state index is 0.0239. The van der Waals surface area contributed by atoms with Gasteiger partial charge in [-0.1, -0.05) is 27.7 Å². The van der Waals surface area contributed by atoms with Crippen molar-refractivity contribution in [1.29, 1.82) is 0 Å². The van der Waals surface area contributed by atoms with Crippen molar-refractivity contribution in [3.8, 4) is 0 Å². The average Bonchev–Trinajstić information content (AvgIpc) is 3.30. The maximum Gasteiger partial charge on any atom is 0.310 e. The number of carbonyl (C=O) groups excluding carboxylic acids is 3. The van der Waals surface area contributed by atoms with Gasteiger partial charge in [-0.25, -0.2) is 0 Å². The third-order valence-electron chi connectivity index (χ3n) is 13.0. The monoisotopic (exact) mass is 602 g/mol. The van der Waals surface area contributed by atoms with Gasteiger partial charge < -0.3 is 38.7 Å². The summed E-state index contributed by atoms with van der Waals surface area (Å²) in [5, 5.41) is 36.4. The molecular formula is C32H42O11. The largest absolute Gasteiger partial charge is 0.472 e. The van der Waals surface area contributed by atoms with E-state index in [1.54, 1.807) is 33.3 Å². The molecule has 4 saturated carbocycles. The van der Waals surface area contributed by atoms with Crippen molar-refractivity contribution in [1.82, 2.24) is 0 Å². The van der Waals surface area contributed by atoms with Crippen LogP contribution < -0.4 is 0 Å². The Morgan fingerprint density at radius 3 is 2.37 bits per heavy atom. The first kappa shape index (κ1) is 29.4. The first-order valence-electron chi connectivity index (χ1n) is 15.4. The van der Waals surface area contributed by atoms with Crippen molar-refractivity contribution in [2.24, 2.45) is 39.4 Å². The van der Waals surface area contributed by atoms with E-state index in [9.17, 15) is 29.7 Å². The van der Waals surface area contributed by atoms with E-state index in [1.165, 1.54) is 6.92 Å². The number of hydrogen-bond acceptors (Lipinski definition) is 11.